The summed E-state index contributed by atoms with van der Waals surface area (Å²) in [4.78, 5) is 13.9. The van der Waals surface area contributed by atoms with Crippen molar-refractivity contribution in [1.82, 2.24) is 0 Å². The van der Waals surface area contributed by atoms with E-state index in [1.807, 2.05) is 6.92 Å². The number of allylic oxidation sites excluding steroid dienone is 4. The highest BCUT2D eigenvalue weighted by Crippen LogP contribution is 2.76. The summed E-state index contributed by atoms with van der Waals surface area (Å²) in [6, 6.07) is 0. The van der Waals surface area contributed by atoms with Crippen molar-refractivity contribution >= 4 is 5.97 Å². The molecule has 0 aromatic heterocycles. The first kappa shape index (κ1) is 22.3. The zero-order chi connectivity index (χ0) is 23.7. The van der Waals surface area contributed by atoms with Crippen LogP contribution in [0.3, 0.4) is 0 Å². The molecule has 33 heavy (non-hydrogen) atoms. The lowest BCUT2D eigenvalue weighted by Gasteiger charge is -2.60. The standard InChI is InChI=1S/C28H40O5/c1-23(2)19-9-8-18-17(24(19,3)12-11-20(23)29)10-13-27-22(30)33-26(5,21-7-6-16-32-21)28(27,31)15-14-25(18,27)4/h8,10,19-21,29,31H,6-7,9,11-16H2,1-5H3/t19-,20?,21?,24+,25-,26?,27?,28-/m0/s1. The maximum Gasteiger partial charge on any atom is 0.317 e. The summed E-state index contributed by atoms with van der Waals surface area (Å²) in [6.45, 7) is 11.6. The summed E-state index contributed by atoms with van der Waals surface area (Å²) < 4.78 is 12.2. The Balaban J connectivity index is 1.49. The third-order valence-electron chi connectivity index (χ3n) is 11.8. The van der Waals surface area contributed by atoms with Gasteiger partial charge >= 0.3 is 5.97 Å². The van der Waals surface area contributed by atoms with Crippen LogP contribution in [0.15, 0.2) is 23.3 Å². The summed E-state index contributed by atoms with van der Waals surface area (Å²) in [5.41, 5.74) is -1.27. The number of aliphatic hydroxyl groups excluding tert-OH is 1. The minimum absolute atomic E-state index is 0.0293. The summed E-state index contributed by atoms with van der Waals surface area (Å²) in [5.74, 6) is 0.111. The van der Waals surface area contributed by atoms with Gasteiger partial charge in [-0.3, -0.25) is 4.79 Å². The van der Waals surface area contributed by atoms with Gasteiger partial charge in [0.1, 0.15) is 11.0 Å². The van der Waals surface area contributed by atoms with Gasteiger partial charge in [-0.15, -0.1) is 0 Å². The van der Waals surface area contributed by atoms with E-state index in [9.17, 15) is 15.0 Å². The van der Waals surface area contributed by atoms with E-state index in [1.54, 1.807) is 0 Å². The van der Waals surface area contributed by atoms with Crippen molar-refractivity contribution < 1.29 is 24.5 Å². The monoisotopic (exact) mass is 456 g/mol. The Morgan fingerprint density at radius 2 is 1.76 bits per heavy atom. The van der Waals surface area contributed by atoms with Crippen molar-refractivity contribution in [1.29, 1.82) is 0 Å². The minimum atomic E-state index is -1.25. The summed E-state index contributed by atoms with van der Waals surface area (Å²) in [5, 5.41) is 23.2. The van der Waals surface area contributed by atoms with Crippen molar-refractivity contribution in [3.63, 3.8) is 0 Å². The molecule has 6 rings (SSSR count). The molecule has 0 radical (unpaired) electrons. The summed E-state index contributed by atoms with van der Waals surface area (Å²) in [7, 11) is 0. The van der Waals surface area contributed by atoms with Crippen LogP contribution >= 0.6 is 0 Å². The van der Waals surface area contributed by atoms with Crippen LogP contribution in [0.5, 0.6) is 0 Å². The second kappa shape index (κ2) is 6.33. The SMILES string of the molecule is CC1(C)C(O)CC[C@]2(C)C3=CCC45C(=O)OC(C)(C6CCCO6)[C@@]4(O)CC[C@@]5(C)C3=CC[C@@H]12. The highest BCUT2D eigenvalue weighted by atomic mass is 16.6. The predicted molar refractivity (Wildman–Crippen MR) is 124 cm³/mol. The molecule has 4 aliphatic carbocycles. The lowest BCUT2D eigenvalue weighted by molar-refractivity contribution is -0.187. The number of hydrogen-bond donors (Lipinski definition) is 2. The van der Waals surface area contributed by atoms with E-state index in [1.165, 1.54) is 11.1 Å². The minimum Gasteiger partial charge on any atom is -0.453 e. The molecule has 2 N–H and O–H groups in total. The maximum atomic E-state index is 13.9. The Morgan fingerprint density at radius 3 is 2.45 bits per heavy atom. The number of ether oxygens (including phenoxy) is 2. The molecule has 0 amide bonds. The molecule has 182 valence electrons. The lowest BCUT2D eigenvalue weighted by Crippen LogP contribution is -2.64. The largest absolute Gasteiger partial charge is 0.453 e. The molecule has 1 spiro atoms. The number of hydrogen-bond acceptors (Lipinski definition) is 5. The maximum absolute atomic E-state index is 13.9. The van der Waals surface area contributed by atoms with Crippen LogP contribution in [0.25, 0.3) is 0 Å². The van der Waals surface area contributed by atoms with Crippen LogP contribution in [0.4, 0.5) is 0 Å². The number of aliphatic hydroxyl groups is 2. The van der Waals surface area contributed by atoms with Gasteiger partial charge in [0.05, 0.1) is 12.2 Å². The first-order chi connectivity index (χ1) is 15.4. The highest BCUT2D eigenvalue weighted by molar-refractivity contribution is 5.87. The number of carbonyl (C=O) groups excluding carboxylic acids is 1. The third kappa shape index (κ3) is 2.20. The normalized spacial score (nSPS) is 54.5. The first-order valence-corrected chi connectivity index (χ1v) is 13.1. The highest BCUT2D eigenvalue weighted by Gasteiger charge is 2.83. The molecular formula is C28H40O5. The van der Waals surface area contributed by atoms with Gasteiger partial charge in [0.15, 0.2) is 5.60 Å². The van der Waals surface area contributed by atoms with E-state index in [0.717, 1.165) is 38.5 Å². The molecular weight excluding hydrogens is 416 g/mol. The third-order valence-corrected chi connectivity index (χ3v) is 11.8. The quantitative estimate of drug-likeness (QED) is 0.570. The van der Waals surface area contributed by atoms with Crippen LogP contribution in [0.2, 0.25) is 0 Å². The molecule has 4 fully saturated rings. The summed E-state index contributed by atoms with van der Waals surface area (Å²) >= 11 is 0. The molecule has 2 heterocycles. The number of rotatable bonds is 1. The van der Waals surface area contributed by atoms with E-state index in [-0.39, 0.29) is 29.0 Å². The number of fused-ring (bicyclic) bond motifs is 4. The van der Waals surface area contributed by atoms with E-state index in [0.29, 0.717) is 25.4 Å². The van der Waals surface area contributed by atoms with Crippen molar-refractivity contribution in [3.8, 4) is 0 Å². The van der Waals surface area contributed by atoms with E-state index >= 15 is 0 Å². The fourth-order valence-electron chi connectivity index (χ4n) is 9.63. The molecule has 2 saturated carbocycles. The Hall–Kier alpha value is -1.17. The summed E-state index contributed by atoms with van der Waals surface area (Å²) in [6.07, 6.45) is 10.3. The fraction of sp³-hybridized carbons (Fsp3) is 0.821. The topological polar surface area (TPSA) is 76.0 Å². The molecule has 5 heteroatoms. The molecule has 4 unspecified atom stereocenters. The molecule has 0 aromatic carbocycles. The molecule has 0 aromatic rings. The van der Waals surface area contributed by atoms with Crippen molar-refractivity contribution in [3.05, 3.63) is 23.3 Å². The molecule has 0 bridgehead atoms. The Morgan fingerprint density at radius 1 is 1.00 bits per heavy atom. The molecule has 2 saturated heterocycles. The Bertz CT molecular complexity index is 975. The van der Waals surface area contributed by atoms with Gasteiger partial charge in [0.2, 0.25) is 0 Å². The van der Waals surface area contributed by atoms with Crippen molar-refractivity contribution in [2.75, 3.05) is 6.61 Å². The van der Waals surface area contributed by atoms with Crippen LogP contribution in [-0.4, -0.2) is 46.2 Å². The zero-order valence-electron chi connectivity index (χ0n) is 20.9. The number of cyclic esters (lactones) is 1. The second-order valence-electron chi connectivity index (χ2n) is 13.1. The number of esters is 1. The van der Waals surface area contributed by atoms with Crippen molar-refractivity contribution in [2.45, 2.75) is 109 Å². The Kier molecular flexibility index (Phi) is 4.28. The van der Waals surface area contributed by atoms with Crippen LogP contribution in [0.1, 0.15) is 86.0 Å². The molecule has 8 atom stereocenters. The van der Waals surface area contributed by atoms with Crippen molar-refractivity contribution in [2.24, 2.45) is 27.6 Å². The van der Waals surface area contributed by atoms with Gasteiger partial charge in [0.25, 0.3) is 0 Å². The van der Waals surface area contributed by atoms with Gasteiger partial charge in [-0.2, -0.15) is 0 Å². The Labute approximate surface area is 197 Å². The molecule has 5 nitrogen and oxygen atoms in total. The zero-order valence-corrected chi connectivity index (χ0v) is 20.9. The predicted octanol–water partition coefficient (Wildman–Crippen LogP) is 4.46. The van der Waals surface area contributed by atoms with Gasteiger partial charge in [-0.25, -0.2) is 0 Å². The van der Waals surface area contributed by atoms with Gasteiger partial charge in [0, 0.05) is 12.0 Å². The second-order valence-corrected chi connectivity index (χ2v) is 13.1. The molecule has 2 aliphatic heterocycles. The van der Waals surface area contributed by atoms with E-state index < -0.39 is 22.0 Å². The van der Waals surface area contributed by atoms with Gasteiger partial charge < -0.3 is 19.7 Å². The van der Waals surface area contributed by atoms with Crippen LogP contribution in [0, 0.1) is 27.6 Å². The first-order valence-electron chi connectivity index (χ1n) is 13.1. The van der Waals surface area contributed by atoms with Crippen LogP contribution < -0.4 is 0 Å². The lowest BCUT2D eigenvalue weighted by atomic mass is 9.43. The smallest absolute Gasteiger partial charge is 0.317 e. The van der Waals surface area contributed by atoms with Gasteiger partial charge in [-0.1, -0.05) is 39.8 Å². The average molecular weight is 457 g/mol. The van der Waals surface area contributed by atoms with E-state index in [4.69, 9.17) is 9.47 Å². The van der Waals surface area contributed by atoms with Gasteiger partial charge in [-0.05, 0) is 86.2 Å². The molecule has 6 aliphatic rings. The average Bonchev–Trinajstić information content (AvgIpc) is 3.42. The number of carbonyl (C=O) groups is 1. The van der Waals surface area contributed by atoms with Crippen LogP contribution in [-0.2, 0) is 14.3 Å². The fourth-order valence-corrected chi connectivity index (χ4v) is 9.63. The van der Waals surface area contributed by atoms with E-state index in [2.05, 4.69) is 39.8 Å².